The first-order chi connectivity index (χ1) is 8.76. The third-order valence-corrected chi connectivity index (χ3v) is 4.27. The van der Waals surface area contributed by atoms with Gasteiger partial charge in [0.1, 0.15) is 5.75 Å². The fourth-order valence-corrected chi connectivity index (χ4v) is 2.97. The van der Waals surface area contributed by atoms with E-state index in [-0.39, 0.29) is 0 Å². The van der Waals surface area contributed by atoms with Gasteiger partial charge in [-0.3, -0.25) is 4.98 Å². The van der Waals surface area contributed by atoms with E-state index >= 15 is 0 Å². The summed E-state index contributed by atoms with van der Waals surface area (Å²) in [5, 5.41) is 10.5. The van der Waals surface area contributed by atoms with Crippen LogP contribution in [0.1, 0.15) is 50.7 Å². The molecule has 0 amide bonds. The first kappa shape index (κ1) is 13.3. The number of aliphatic hydroxyl groups excluding tert-OH is 1. The third kappa shape index (κ3) is 2.83. The van der Waals surface area contributed by atoms with Gasteiger partial charge in [-0.2, -0.15) is 0 Å². The second-order valence-electron chi connectivity index (χ2n) is 5.25. The highest BCUT2D eigenvalue weighted by Gasteiger charge is 2.28. The van der Waals surface area contributed by atoms with E-state index in [0.717, 1.165) is 24.3 Å². The maximum absolute atomic E-state index is 10.5. The highest BCUT2D eigenvalue weighted by Crippen LogP contribution is 2.39. The molecule has 3 heteroatoms. The molecule has 1 fully saturated rings. The van der Waals surface area contributed by atoms with Crippen molar-refractivity contribution >= 4 is 0 Å². The van der Waals surface area contributed by atoms with Gasteiger partial charge in [0.05, 0.1) is 19.4 Å². The van der Waals surface area contributed by atoms with E-state index in [1.807, 2.05) is 6.07 Å². The van der Waals surface area contributed by atoms with Crippen molar-refractivity contribution in [2.45, 2.75) is 45.1 Å². The standard InChI is InChI=1S/C15H23NO2/c1-3-11-4-6-12(7-5-11)15(17)13-8-9-16-10-14(13)18-2/h8-12,15,17H,3-7H2,1-2H3. The van der Waals surface area contributed by atoms with Crippen molar-refractivity contribution in [2.24, 2.45) is 11.8 Å². The summed E-state index contributed by atoms with van der Waals surface area (Å²) in [7, 11) is 1.63. The van der Waals surface area contributed by atoms with E-state index in [9.17, 15) is 5.11 Å². The Morgan fingerprint density at radius 2 is 2.11 bits per heavy atom. The zero-order valence-electron chi connectivity index (χ0n) is 11.3. The molecule has 1 atom stereocenters. The zero-order chi connectivity index (χ0) is 13.0. The molecule has 0 bridgehead atoms. The van der Waals surface area contributed by atoms with Crippen LogP contribution in [0.15, 0.2) is 18.5 Å². The number of hydrogen-bond donors (Lipinski definition) is 1. The van der Waals surface area contributed by atoms with E-state index in [4.69, 9.17) is 4.74 Å². The summed E-state index contributed by atoms with van der Waals surface area (Å²) in [4.78, 5) is 4.03. The molecule has 1 aliphatic carbocycles. The van der Waals surface area contributed by atoms with Gasteiger partial charge in [0, 0.05) is 11.8 Å². The summed E-state index contributed by atoms with van der Waals surface area (Å²) < 4.78 is 5.28. The summed E-state index contributed by atoms with van der Waals surface area (Å²) in [6.45, 7) is 2.26. The van der Waals surface area contributed by atoms with Crippen molar-refractivity contribution in [3.63, 3.8) is 0 Å². The number of methoxy groups -OCH3 is 1. The number of hydrogen-bond acceptors (Lipinski definition) is 3. The fourth-order valence-electron chi connectivity index (χ4n) is 2.97. The molecular formula is C15H23NO2. The summed E-state index contributed by atoms with van der Waals surface area (Å²) in [6.07, 6.45) is 8.96. The van der Waals surface area contributed by atoms with Crippen LogP contribution in [-0.4, -0.2) is 17.2 Å². The summed E-state index contributed by atoms with van der Waals surface area (Å²) in [5.41, 5.74) is 0.882. The Balaban J connectivity index is 2.05. The molecule has 1 heterocycles. The van der Waals surface area contributed by atoms with Gasteiger partial charge in [-0.05, 0) is 30.7 Å². The number of aliphatic hydroxyl groups is 1. The lowest BCUT2D eigenvalue weighted by Crippen LogP contribution is -2.20. The molecular weight excluding hydrogens is 226 g/mol. The van der Waals surface area contributed by atoms with Gasteiger partial charge in [-0.15, -0.1) is 0 Å². The minimum Gasteiger partial charge on any atom is -0.495 e. The Labute approximate surface area is 109 Å². The molecule has 0 radical (unpaired) electrons. The number of aromatic nitrogens is 1. The molecule has 3 nitrogen and oxygen atoms in total. The zero-order valence-corrected chi connectivity index (χ0v) is 11.3. The predicted octanol–water partition coefficient (Wildman–Crippen LogP) is 3.34. The molecule has 0 aliphatic heterocycles. The maximum atomic E-state index is 10.5. The number of ether oxygens (including phenoxy) is 1. The molecule has 1 aromatic heterocycles. The highest BCUT2D eigenvalue weighted by molar-refractivity contribution is 5.32. The average Bonchev–Trinajstić information content (AvgIpc) is 2.46. The van der Waals surface area contributed by atoms with Gasteiger partial charge in [0.2, 0.25) is 0 Å². The highest BCUT2D eigenvalue weighted by atomic mass is 16.5. The van der Waals surface area contributed by atoms with Crippen LogP contribution in [0.3, 0.4) is 0 Å². The van der Waals surface area contributed by atoms with Gasteiger partial charge < -0.3 is 9.84 Å². The molecule has 1 N–H and O–H groups in total. The molecule has 1 unspecified atom stereocenters. The molecule has 0 saturated heterocycles. The van der Waals surface area contributed by atoms with E-state index < -0.39 is 6.10 Å². The van der Waals surface area contributed by atoms with Crippen molar-refractivity contribution < 1.29 is 9.84 Å². The Kier molecular flexibility index (Phi) is 4.59. The van der Waals surface area contributed by atoms with Crippen molar-refractivity contribution in [2.75, 3.05) is 7.11 Å². The SMILES string of the molecule is CCC1CCC(C(O)c2ccncc2OC)CC1. The first-order valence-electron chi connectivity index (χ1n) is 6.92. The predicted molar refractivity (Wildman–Crippen MR) is 71.5 cm³/mol. The van der Waals surface area contributed by atoms with Gasteiger partial charge >= 0.3 is 0 Å². The molecule has 0 aromatic carbocycles. The summed E-state index contributed by atoms with van der Waals surface area (Å²) in [6, 6.07) is 1.87. The normalized spacial score (nSPS) is 25.7. The van der Waals surface area contributed by atoms with Crippen LogP contribution >= 0.6 is 0 Å². The van der Waals surface area contributed by atoms with Crippen LogP contribution in [0.25, 0.3) is 0 Å². The monoisotopic (exact) mass is 249 g/mol. The minimum absolute atomic E-state index is 0.365. The molecule has 1 aliphatic rings. The molecule has 0 spiro atoms. The van der Waals surface area contributed by atoms with Gasteiger partial charge in [-0.25, -0.2) is 0 Å². The molecule has 2 rings (SSSR count). The number of pyridine rings is 1. The minimum atomic E-state index is -0.416. The van der Waals surface area contributed by atoms with E-state index in [1.165, 1.54) is 19.3 Å². The molecule has 1 saturated carbocycles. The second kappa shape index (κ2) is 6.19. The Hall–Kier alpha value is -1.09. The summed E-state index contributed by atoms with van der Waals surface area (Å²) in [5.74, 6) is 1.92. The average molecular weight is 249 g/mol. The van der Waals surface area contributed by atoms with Crippen LogP contribution in [0.5, 0.6) is 5.75 Å². The van der Waals surface area contributed by atoms with Crippen LogP contribution in [0.2, 0.25) is 0 Å². The van der Waals surface area contributed by atoms with Crippen molar-refractivity contribution in [3.8, 4) is 5.75 Å². The topological polar surface area (TPSA) is 42.4 Å². The van der Waals surface area contributed by atoms with Crippen LogP contribution < -0.4 is 4.74 Å². The van der Waals surface area contributed by atoms with Crippen molar-refractivity contribution in [3.05, 3.63) is 24.0 Å². The fraction of sp³-hybridized carbons (Fsp3) is 0.667. The Morgan fingerprint density at radius 1 is 1.39 bits per heavy atom. The lowest BCUT2D eigenvalue weighted by Gasteiger charge is -2.31. The molecule has 100 valence electrons. The Morgan fingerprint density at radius 3 is 2.72 bits per heavy atom. The van der Waals surface area contributed by atoms with Crippen LogP contribution in [0, 0.1) is 11.8 Å². The second-order valence-corrected chi connectivity index (χ2v) is 5.25. The summed E-state index contributed by atoms with van der Waals surface area (Å²) >= 11 is 0. The first-order valence-corrected chi connectivity index (χ1v) is 6.92. The Bertz CT molecular complexity index is 373. The van der Waals surface area contributed by atoms with Gasteiger partial charge in [0.25, 0.3) is 0 Å². The molecule has 1 aromatic rings. The smallest absolute Gasteiger partial charge is 0.142 e. The number of rotatable bonds is 4. The van der Waals surface area contributed by atoms with Crippen molar-refractivity contribution in [1.29, 1.82) is 0 Å². The van der Waals surface area contributed by atoms with Crippen LogP contribution in [0.4, 0.5) is 0 Å². The van der Waals surface area contributed by atoms with Crippen molar-refractivity contribution in [1.82, 2.24) is 4.98 Å². The van der Waals surface area contributed by atoms with Gasteiger partial charge in [-0.1, -0.05) is 26.2 Å². The largest absolute Gasteiger partial charge is 0.495 e. The van der Waals surface area contributed by atoms with E-state index in [0.29, 0.717) is 11.7 Å². The lowest BCUT2D eigenvalue weighted by molar-refractivity contribution is 0.0708. The molecule has 18 heavy (non-hydrogen) atoms. The maximum Gasteiger partial charge on any atom is 0.142 e. The van der Waals surface area contributed by atoms with Gasteiger partial charge in [0.15, 0.2) is 0 Å². The van der Waals surface area contributed by atoms with Crippen LogP contribution in [-0.2, 0) is 0 Å². The van der Waals surface area contributed by atoms with E-state index in [2.05, 4.69) is 11.9 Å². The quantitative estimate of drug-likeness (QED) is 0.890. The van der Waals surface area contributed by atoms with E-state index in [1.54, 1.807) is 19.5 Å². The lowest BCUT2D eigenvalue weighted by atomic mass is 9.77. The third-order valence-electron chi connectivity index (χ3n) is 4.27. The number of nitrogens with zero attached hydrogens (tertiary/aromatic N) is 1.